The van der Waals surface area contributed by atoms with Gasteiger partial charge in [-0.2, -0.15) is 0 Å². The highest BCUT2D eigenvalue weighted by Gasteiger charge is 2.24. The van der Waals surface area contributed by atoms with E-state index in [2.05, 4.69) is 11.4 Å². The Kier molecular flexibility index (Phi) is 2.97. The number of aryl methyl sites for hydroxylation is 1. The van der Waals surface area contributed by atoms with Crippen LogP contribution < -0.4 is 16.7 Å². The summed E-state index contributed by atoms with van der Waals surface area (Å²) in [6.07, 6.45) is 5.61. The van der Waals surface area contributed by atoms with Crippen LogP contribution in [0.3, 0.4) is 0 Å². The van der Waals surface area contributed by atoms with Crippen LogP contribution in [0.1, 0.15) is 29.5 Å². The first-order chi connectivity index (χ1) is 10.7. The molecule has 22 heavy (non-hydrogen) atoms. The normalized spacial score (nSPS) is 17.5. The third-order valence-electron chi connectivity index (χ3n) is 4.80. The highest BCUT2D eigenvalue weighted by atomic mass is 16.3. The average Bonchev–Trinajstić information content (AvgIpc) is 3.03. The van der Waals surface area contributed by atoms with Crippen LogP contribution in [-0.4, -0.2) is 22.9 Å². The maximum absolute atomic E-state index is 12.4. The Morgan fingerprint density at radius 2 is 2.00 bits per heavy atom. The zero-order valence-corrected chi connectivity index (χ0v) is 12.4. The number of fused-ring (bicyclic) bond motifs is 3. The number of nitrogens with zero attached hydrogens (tertiary/aromatic N) is 1. The van der Waals surface area contributed by atoms with Gasteiger partial charge < -0.3 is 16.3 Å². The number of phenolic OH excluding ortho intramolecular Hbond substituents is 1. The van der Waals surface area contributed by atoms with Gasteiger partial charge in [0.1, 0.15) is 5.75 Å². The molecule has 1 aromatic heterocycles. The smallest absolute Gasteiger partial charge is 0.272 e. The highest BCUT2D eigenvalue weighted by Crippen LogP contribution is 2.38. The van der Waals surface area contributed by atoms with Crippen molar-refractivity contribution in [2.45, 2.75) is 25.7 Å². The van der Waals surface area contributed by atoms with E-state index in [4.69, 9.17) is 5.84 Å². The van der Waals surface area contributed by atoms with Crippen LogP contribution in [-0.2, 0) is 12.8 Å². The maximum atomic E-state index is 12.4. The lowest BCUT2D eigenvalue weighted by Crippen LogP contribution is -2.30. The molecule has 0 unspecified atom stereocenters. The van der Waals surface area contributed by atoms with E-state index in [0.717, 1.165) is 66.4 Å². The van der Waals surface area contributed by atoms with E-state index in [-0.39, 0.29) is 11.3 Å². The van der Waals surface area contributed by atoms with Crippen LogP contribution in [0.4, 0.5) is 0 Å². The molecule has 0 radical (unpaired) electrons. The number of benzene rings is 1. The predicted molar refractivity (Wildman–Crippen MR) is 87.5 cm³/mol. The summed E-state index contributed by atoms with van der Waals surface area (Å²) in [5.74, 6) is 6.30. The van der Waals surface area contributed by atoms with E-state index in [1.165, 1.54) is 4.68 Å². The number of pyridine rings is 1. The molecule has 0 amide bonds. The minimum atomic E-state index is -0.101. The molecule has 2 aliphatic rings. The molecule has 114 valence electrons. The summed E-state index contributed by atoms with van der Waals surface area (Å²) in [6, 6.07) is 3.39. The predicted octanol–water partition coefficient (Wildman–Crippen LogP) is 1.29. The van der Waals surface area contributed by atoms with Gasteiger partial charge in [-0.1, -0.05) is 6.08 Å². The number of nitrogens with two attached hydrogens (primary N) is 1. The van der Waals surface area contributed by atoms with Crippen molar-refractivity contribution in [2.24, 2.45) is 0 Å². The minimum absolute atomic E-state index is 0.101. The van der Waals surface area contributed by atoms with Crippen molar-refractivity contribution in [3.63, 3.8) is 0 Å². The van der Waals surface area contributed by atoms with Gasteiger partial charge in [0.15, 0.2) is 0 Å². The third-order valence-corrected chi connectivity index (χ3v) is 4.80. The van der Waals surface area contributed by atoms with Crippen molar-refractivity contribution in [1.82, 2.24) is 9.99 Å². The Balaban J connectivity index is 2.14. The molecule has 4 N–H and O–H groups in total. The lowest BCUT2D eigenvalue weighted by molar-refractivity contribution is 0.474. The molecule has 0 saturated carbocycles. The van der Waals surface area contributed by atoms with Gasteiger partial charge in [0.25, 0.3) is 5.56 Å². The van der Waals surface area contributed by atoms with Crippen molar-refractivity contribution in [3.05, 3.63) is 45.3 Å². The second-order valence-corrected chi connectivity index (χ2v) is 6.02. The van der Waals surface area contributed by atoms with Gasteiger partial charge in [0.2, 0.25) is 0 Å². The maximum Gasteiger partial charge on any atom is 0.272 e. The molecule has 5 heteroatoms. The zero-order valence-electron chi connectivity index (χ0n) is 12.4. The van der Waals surface area contributed by atoms with Crippen LogP contribution in [0.25, 0.3) is 16.5 Å². The molecular formula is C17H19N3O2. The Bertz CT molecular complexity index is 865. The molecule has 0 bridgehead atoms. The summed E-state index contributed by atoms with van der Waals surface area (Å²) < 4.78 is 1.24. The lowest BCUT2D eigenvalue weighted by atomic mass is 9.91. The zero-order chi connectivity index (χ0) is 15.3. The van der Waals surface area contributed by atoms with Crippen molar-refractivity contribution in [3.8, 4) is 5.75 Å². The Hall–Kier alpha value is -2.27. The van der Waals surface area contributed by atoms with E-state index in [9.17, 15) is 9.90 Å². The second kappa shape index (κ2) is 4.88. The van der Waals surface area contributed by atoms with E-state index < -0.39 is 0 Å². The topological polar surface area (TPSA) is 80.3 Å². The third kappa shape index (κ3) is 1.78. The molecule has 0 atom stereocenters. The van der Waals surface area contributed by atoms with E-state index in [0.29, 0.717) is 5.52 Å². The fraction of sp³-hybridized carbons (Fsp3) is 0.353. The molecule has 0 spiro atoms. The Morgan fingerprint density at radius 3 is 2.77 bits per heavy atom. The number of nitrogen functional groups attached to an aromatic ring is 1. The molecule has 2 aromatic rings. The van der Waals surface area contributed by atoms with E-state index in [1.807, 2.05) is 0 Å². The molecule has 4 rings (SSSR count). The van der Waals surface area contributed by atoms with Crippen LogP contribution in [0.15, 0.2) is 23.0 Å². The fourth-order valence-corrected chi connectivity index (χ4v) is 3.77. The summed E-state index contributed by atoms with van der Waals surface area (Å²) in [6.45, 7) is 1.70. The Labute approximate surface area is 128 Å². The molecule has 1 aliphatic heterocycles. The number of rotatable bonds is 1. The molecule has 2 heterocycles. The molecule has 1 aliphatic carbocycles. The van der Waals surface area contributed by atoms with Gasteiger partial charge in [0, 0.05) is 23.1 Å². The number of aromatic hydroxyl groups is 1. The van der Waals surface area contributed by atoms with Crippen LogP contribution in [0, 0.1) is 0 Å². The SMILES string of the molecule is Nn1c(=O)c2c(c3c(C4=CCNCC4)c(O)ccc31)CCC2. The van der Waals surface area contributed by atoms with Gasteiger partial charge in [-0.05, 0) is 55.5 Å². The first-order valence-corrected chi connectivity index (χ1v) is 7.76. The van der Waals surface area contributed by atoms with E-state index in [1.54, 1.807) is 12.1 Å². The average molecular weight is 297 g/mol. The molecule has 1 aromatic carbocycles. The van der Waals surface area contributed by atoms with Crippen molar-refractivity contribution < 1.29 is 5.11 Å². The first-order valence-electron chi connectivity index (χ1n) is 7.76. The first kappa shape index (κ1) is 13.4. The molecular weight excluding hydrogens is 278 g/mol. The Morgan fingerprint density at radius 1 is 1.18 bits per heavy atom. The van der Waals surface area contributed by atoms with Crippen molar-refractivity contribution in [1.29, 1.82) is 0 Å². The highest BCUT2D eigenvalue weighted by molar-refractivity contribution is 5.98. The monoisotopic (exact) mass is 297 g/mol. The minimum Gasteiger partial charge on any atom is -0.507 e. The summed E-state index contributed by atoms with van der Waals surface area (Å²) in [4.78, 5) is 12.4. The quantitative estimate of drug-likeness (QED) is 0.693. The summed E-state index contributed by atoms with van der Waals surface area (Å²) >= 11 is 0. The summed E-state index contributed by atoms with van der Waals surface area (Å²) in [5.41, 5.74) is 4.49. The van der Waals surface area contributed by atoms with Gasteiger partial charge in [-0.25, -0.2) is 4.68 Å². The van der Waals surface area contributed by atoms with Gasteiger partial charge in [-0.15, -0.1) is 0 Å². The standard InChI is InChI=1S/C17H19N3O2/c18-20-13-4-5-14(21)15(10-6-8-19-9-7-10)16(13)11-2-1-3-12(11)17(20)22/h4-6,19,21H,1-3,7-9,18H2. The molecule has 5 nitrogen and oxygen atoms in total. The number of hydrogen-bond donors (Lipinski definition) is 3. The largest absolute Gasteiger partial charge is 0.507 e. The number of hydrogen-bond acceptors (Lipinski definition) is 4. The summed E-state index contributed by atoms with van der Waals surface area (Å²) in [7, 11) is 0. The number of phenols is 1. The van der Waals surface area contributed by atoms with Gasteiger partial charge in [0.05, 0.1) is 5.52 Å². The van der Waals surface area contributed by atoms with Crippen LogP contribution in [0.2, 0.25) is 0 Å². The van der Waals surface area contributed by atoms with Crippen LogP contribution >= 0.6 is 0 Å². The van der Waals surface area contributed by atoms with Gasteiger partial charge >= 0.3 is 0 Å². The molecule has 0 fully saturated rings. The number of nitrogens with one attached hydrogen (secondary N) is 1. The van der Waals surface area contributed by atoms with Crippen LogP contribution in [0.5, 0.6) is 5.75 Å². The van der Waals surface area contributed by atoms with Crippen molar-refractivity contribution >= 4 is 16.5 Å². The molecule has 0 saturated heterocycles. The van der Waals surface area contributed by atoms with E-state index >= 15 is 0 Å². The lowest BCUT2D eigenvalue weighted by Gasteiger charge is -2.20. The number of aromatic nitrogens is 1. The fourth-order valence-electron chi connectivity index (χ4n) is 3.77. The second-order valence-electron chi connectivity index (χ2n) is 6.02. The van der Waals surface area contributed by atoms with Gasteiger partial charge in [-0.3, -0.25) is 4.79 Å². The van der Waals surface area contributed by atoms with Crippen molar-refractivity contribution in [2.75, 3.05) is 18.9 Å². The summed E-state index contributed by atoms with van der Waals surface area (Å²) in [5, 5.41) is 14.7.